The third-order valence-corrected chi connectivity index (χ3v) is 4.18. The summed E-state index contributed by atoms with van der Waals surface area (Å²) in [4.78, 5) is 14.6. The molecule has 0 N–H and O–H groups in total. The average Bonchev–Trinajstić information content (AvgIpc) is 3.32. The lowest BCUT2D eigenvalue weighted by atomic mass is 10.1. The van der Waals surface area contributed by atoms with E-state index in [1.807, 2.05) is 30.3 Å². The normalized spacial score (nSPS) is 16.4. The highest BCUT2D eigenvalue weighted by molar-refractivity contribution is 5.96. The predicted octanol–water partition coefficient (Wildman–Crippen LogP) is 3.01. The van der Waals surface area contributed by atoms with Crippen LogP contribution in [0.15, 0.2) is 30.3 Å². The summed E-state index contributed by atoms with van der Waals surface area (Å²) in [6, 6.07) is 10.1. The average molecular weight is 275 g/mol. The second-order valence-corrected chi connectivity index (χ2v) is 5.65. The monoisotopic (exact) mass is 275 g/mol. The van der Waals surface area contributed by atoms with Crippen molar-refractivity contribution in [2.75, 3.05) is 26.8 Å². The van der Waals surface area contributed by atoms with Crippen molar-refractivity contribution in [1.29, 1.82) is 0 Å². The first-order valence-electron chi connectivity index (χ1n) is 7.53. The van der Waals surface area contributed by atoms with Crippen LogP contribution in [0.2, 0.25) is 0 Å². The third kappa shape index (κ3) is 4.43. The number of hydrogen-bond acceptors (Lipinski definition) is 3. The highest BCUT2D eigenvalue weighted by Gasteiger charge is 2.31. The molecule has 20 heavy (non-hydrogen) atoms. The number of ether oxygens (including phenoxy) is 1. The second-order valence-electron chi connectivity index (χ2n) is 5.65. The zero-order chi connectivity index (χ0) is 14.4. The molecule has 1 atom stereocenters. The molecule has 0 radical (unpaired) electrons. The van der Waals surface area contributed by atoms with E-state index in [0.29, 0.717) is 12.5 Å². The van der Waals surface area contributed by atoms with Crippen LogP contribution in [0.5, 0.6) is 0 Å². The lowest BCUT2D eigenvalue weighted by Gasteiger charge is -2.28. The Bertz CT molecular complexity index is 414. The molecular formula is C17H25NO2. The van der Waals surface area contributed by atoms with E-state index in [-0.39, 0.29) is 5.78 Å². The summed E-state index contributed by atoms with van der Waals surface area (Å²) in [5.74, 6) is 1.05. The lowest BCUT2D eigenvalue weighted by Crippen LogP contribution is -2.38. The summed E-state index contributed by atoms with van der Waals surface area (Å²) in [5, 5.41) is 0. The van der Waals surface area contributed by atoms with Gasteiger partial charge < -0.3 is 4.74 Å². The molecule has 3 heteroatoms. The number of methoxy groups -OCH3 is 1. The van der Waals surface area contributed by atoms with Crippen LogP contribution in [0, 0.1) is 5.92 Å². The van der Waals surface area contributed by atoms with E-state index in [0.717, 1.165) is 31.2 Å². The van der Waals surface area contributed by atoms with E-state index in [1.165, 1.54) is 12.8 Å². The van der Waals surface area contributed by atoms with Gasteiger partial charge in [0.2, 0.25) is 0 Å². The Morgan fingerprint density at radius 3 is 2.60 bits per heavy atom. The molecular weight excluding hydrogens is 250 g/mol. The van der Waals surface area contributed by atoms with Crippen molar-refractivity contribution in [3.05, 3.63) is 35.9 Å². The van der Waals surface area contributed by atoms with Crippen molar-refractivity contribution in [3.8, 4) is 0 Å². The van der Waals surface area contributed by atoms with E-state index in [4.69, 9.17) is 4.74 Å². The van der Waals surface area contributed by atoms with Gasteiger partial charge in [-0.05, 0) is 25.7 Å². The lowest BCUT2D eigenvalue weighted by molar-refractivity contribution is 0.0902. The number of benzene rings is 1. The molecule has 1 fully saturated rings. The fourth-order valence-electron chi connectivity index (χ4n) is 2.62. The number of carbonyl (C=O) groups is 1. The van der Waals surface area contributed by atoms with Crippen LogP contribution < -0.4 is 0 Å². The summed E-state index contributed by atoms with van der Waals surface area (Å²) in [7, 11) is 1.73. The molecule has 0 spiro atoms. The maximum atomic E-state index is 12.2. The fraction of sp³-hybridized carbons (Fsp3) is 0.588. The highest BCUT2D eigenvalue weighted by Crippen LogP contribution is 2.35. The fourth-order valence-corrected chi connectivity index (χ4v) is 2.62. The van der Waals surface area contributed by atoms with Crippen LogP contribution in [0.3, 0.4) is 0 Å². The topological polar surface area (TPSA) is 29.5 Å². The number of Topliss-reactive ketones (excluding diaryl/α,β-unsaturated/α-hetero) is 1. The molecule has 0 saturated heterocycles. The molecule has 0 aliphatic heterocycles. The van der Waals surface area contributed by atoms with E-state index >= 15 is 0 Å². The molecule has 2 rings (SSSR count). The van der Waals surface area contributed by atoms with E-state index in [1.54, 1.807) is 7.11 Å². The van der Waals surface area contributed by atoms with Gasteiger partial charge in [-0.3, -0.25) is 9.69 Å². The van der Waals surface area contributed by atoms with Crippen molar-refractivity contribution >= 4 is 5.78 Å². The first-order valence-corrected chi connectivity index (χ1v) is 7.53. The van der Waals surface area contributed by atoms with Crippen LogP contribution in [-0.2, 0) is 4.74 Å². The Kier molecular flexibility index (Phi) is 5.74. The minimum absolute atomic E-state index is 0.232. The molecule has 0 bridgehead atoms. The summed E-state index contributed by atoms with van der Waals surface area (Å²) >= 11 is 0. The highest BCUT2D eigenvalue weighted by atomic mass is 16.5. The van der Waals surface area contributed by atoms with Gasteiger partial charge in [0.05, 0.1) is 6.61 Å². The van der Waals surface area contributed by atoms with E-state index < -0.39 is 0 Å². The third-order valence-electron chi connectivity index (χ3n) is 4.18. The number of carbonyl (C=O) groups excluding carboxylic acids is 1. The van der Waals surface area contributed by atoms with Crippen LogP contribution in [0.1, 0.15) is 36.5 Å². The maximum Gasteiger partial charge on any atom is 0.164 e. The maximum absolute atomic E-state index is 12.2. The Morgan fingerprint density at radius 2 is 2.00 bits per heavy atom. The molecule has 110 valence electrons. The molecule has 1 aromatic carbocycles. The largest absolute Gasteiger partial charge is 0.383 e. The minimum atomic E-state index is 0.232. The molecule has 1 saturated carbocycles. The van der Waals surface area contributed by atoms with Crippen LogP contribution in [0.25, 0.3) is 0 Å². The van der Waals surface area contributed by atoms with E-state index in [9.17, 15) is 4.79 Å². The minimum Gasteiger partial charge on any atom is -0.383 e. The van der Waals surface area contributed by atoms with Crippen LogP contribution in [0.4, 0.5) is 0 Å². The molecule has 0 heterocycles. The van der Waals surface area contributed by atoms with Gasteiger partial charge in [-0.15, -0.1) is 0 Å². The second kappa shape index (κ2) is 7.55. The molecule has 1 aliphatic carbocycles. The molecule has 1 aromatic rings. The van der Waals surface area contributed by atoms with E-state index in [2.05, 4.69) is 11.8 Å². The van der Waals surface area contributed by atoms with Gasteiger partial charge in [0.1, 0.15) is 0 Å². The summed E-state index contributed by atoms with van der Waals surface area (Å²) in [6.07, 6.45) is 3.25. The van der Waals surface area contributed by atoms with Gasteiger partial charge in [0.25, 0.3) is 0 Å². The van der Waals surface area contributed by atoms with Crippen LogP contribution >= 0.6 is 0 Å². The molecule has 1 aliphatic rings. The van der Waals surface area contributed by atoms with Crippen molar-refractivity contribution in [2.45, 2.75) is 32.2 Å². The van der Waals surface area contributed by atoms with Crippen molar-refractivity contribution in [2.24, 2.45) is 5.92 Å². The zero-order valence-electron chi connectivity index (χ0n) is 12.5. The van der Waals surface area contributed by atoms with Gasteiger partial charge in [-0.25, -0.2) is 0 Å². The summed E-state index contributed by atoms with van der Waals surface area (Å²) in [6.45, 7) is 4.75. The Morgan fingerprint density at radius 1 is 1.30 bits per heavy atom. The standard InChI is InChI=1S/C17H25NO2/c1-14(15-8-9-15)18(12-13-20-2)11-10-17(19)16-6-4-3-5-7-16/h3-7,14-15H,8-13H2,1-2H3. The predicted molar refractivity (Wildman–Crippen MR) is 81.0 cm³/mol. The molecule has 3 nitrogen and oxygen atoms in total. The molecule has 0 aromatic heterocycles. The Hall–Kier alpha value is -1.19. The zero-order valence-corrected chi connectivity index (χ0v) is 12.5. The van der Waals surface area contributed by atoms with Gasteiger partial charge in [-0.2, -0.15) is 0 Å². The number of hydrogen-bond donors (Lipinski definition) is 0. The Labute approximate surface area is 121 Å². The smallest absolute Gasteiger partial charge is 0.164 e. The SMILES string of the molecule is COCCN(CCC(=O)c1ccccc1)C(C)C1CC1. The summed E-state index contributed by atoms with van der Waals surface area (Å²) < 4.78 is 5.19. The summed E-state index contributed by atoms with van der Waals surface area (Å²) in [5.41, 5.74) is 0.818. The Balaban J connectivity index is 1.85. The quantitative estimate of drug-likeness (QED) is 0.649. The van der Waals surface area contributed by atoms with Gasteiger partial charge in [0.15, 0.2) is 5.78 Å². The number of ketones is 1. The van der Waals surface area contributed by atoms with Crippen molar-refractivity contribution < 1.29 is 9.53 Å². The first-order chi connectivity index (χ1) is 9.72. The van der Waals surface area contributed by atoms with Crippen LogP contribution in [-0.4, -0.2) is 43.5 Å². The molecule has 1 unspecified atom stereocenters. The van der Waals surface area contributed by atoms with Crippen molar-refractivity contribution in [3.63, 3.8) is 0 Å². The first kappa shape index (κ1) is 15.2. The number of nitrogens with zero attached hydrogens (tertiary/aromatic N) is 1. The number of rotatable bonds is 9. The van der Waals surface area contributed by atoms with Gasteiger partial charge >= 0.3 is 0 Å². The van der Waals surface area contributed by atoms with Gasteiger partial charge in [0, 0.05) is 38.2 Å². The molecule has 0 amide bonds. The van der Waals surface area contributed by atoms with Crippen molar-refractivity contribution in [1.82, 2.24) is 4.90 Å². The van der Waals surface area contributed by atoms with Gasteiger partial charge in [-0.1, -0.05) is 30.3 Å².